The number of hydrogen-bond acceptors (Lipinski definition) is 4. The highest BCUT2D eigenvalue weighted by atomic mass is 16.5. The van der Waals surface area contributed by atoms with Crippen LogP contribution in [0.2, 0.25) is 0 Å². The molecule has 1 aliphatic carbocycles. The van der Waals surface area contributed by atoms with Gasteiger partial charge in [0, 0.05) is 5.92 Å². The largest absolute Gasteiger partial charge is 0.476 e. The van der Waals surface area contributed by atoms with Crippen molar-refractivity contribution in [1.29, 1.82) is 0 Å². The van der Waals surface area contributed by atoms with E-state index < -0.39 is 11.9 Å². The summed E-state index contributed by atoms with van der Waals surface area (Å²) in [5, 5.41) is 9.39. The van der Waals surface area contributed by atoms with Gasteiger partial charge in [-0.05, 0) is 25.0 Å². The van der Waals surface area contributed by atoms with E-state index in [-0.39, 0.29) is 11.6 Å². The van der Waals surface area contributed by atoms with Crippen LogP contribution in [-0.2, 0) is 4.74 Å². The number of ether oxygens (including phenoxy) is 1. The Morgan fingerprint density at radius 3 is 2.64 bits per heavy atom. The summed E-state index contributed by atoms with van der Waals surface area (Å²) in [6, 6.07) is 4.97. The normalized spacial score (nSPS) is 15.9. The number of carboxylic acid groups (broad SMARTS) is 1. The van der Waals surface area contributed by atoms with Crippen LogP contribution in [0.3, 0.4) is 0 Å². The van der Waals surface area contributed by atoms with Crippen LogP contribution in [0.5, 0.6) is 0 Å². The van der Waals surface area contributed by atoms with Gasteiger partial charge < -0.3 is 9.84 Å². The van der Waals surface area contributed by atoms with Crippen LogP contribution in [0.15, 0.2) is 18.2 Å². The van der Waals surface area contributed by atoms with Crippen LogP contribution in [0.4, 0.5) is 0 Å². The average Bonchev–Trinajstić information content (AvgIpc) is 2.95. The SMILES string of the molecule is COC(=O)c1cccc2c(C(=O)O)nc(C3CCCCC3)n12. The molecular formula is C16H18N2O4. The van der Waals surface area contributed by atoms with Crippen molar-refractivity contribution in [3.05, 3.63) is 35.4 Å². The van der Waals surface area contributed by atoms with E-state index in [1.165, 1.54) is 13.5 Å². The lowest BCUT2D eigenvalue weighted by atomic mass is 9.88. The van der Waals surface area contributed by atoms with Crippen LogP contribution in [-0.4, -0.2) is 33.5 Å². The first-order valence-electron chi connectivity index (χ1n) is 7.46. The van der Waals surface area contributed by atoms with Gasteiger partial charge in [0.2, 0.25) is 0 Å². The van der Waals surface area contributed by atoms with Gasteiger partial charge >= 0.3 is 11.9 Å². The van der Waals surface area contributed by atoms with Crippen LogP contribution >= 0.6 is 0 Å². The molecule has 116 valence electrons. The van der Waals surface area contributed by atoms with Gasteiger partial charge in [-0.1, -0.05) is 25.3 Å². The summed E-state index contributed by atoms with van der Waals surface area (Å²) in [7, 11) is 1.32. The van der Waals surface area contributed by atoms with E-state index in [0.29, 0.717) is 17.0 Å². The van der Waals surface area contributed by atoms with Crippen molar-refractivity contribution in [1.82, 2.24) is 9.38 Å². The summed E-state index contributed by atoms with van der Waals surface area (Å²) >= 11 is 0. The molecule has 0 radical (unpaired) electrons. The second kappa shape index (κ2) is 5.79. The number of carboxylic acids is 1. The number of esters is 1. The Kier molecular flexibility index (Phi) is 3.83. The van der Waals surface area contributed by atoms with E-state index in [0.717, 1.165) is 25.7 Å². The highest BCUT2D eigenvalue weighted by Gasteiger charge is 2.27. The average molecular weight is 302 g/mol. The molecule has 0 unspecified atom stereocenters. The summed E-state index contributed by atoms with van der Waals surface area (Å²) in [6.07, 6.45) is 5.32. The first-order valence-corrected chi connectivity index (χ1v) is 7.46. The maximum absolute atomic E-state index is 12.0. The number of carbonyl (C=O) groups excluding carboxylic acids is 1. The van der Waals surface area contributed by atoms with E-state index in [2.05, 4.69) is 4.98 Å². The minimum Gasteiger partial charge on any atom is -0.476 e. The van der Waals surface area contributed by atoms with E-state index in [1.54, 1.807) is 22.6 Å². The Labute approximate surface area is 127 Å². The predicted octanol–water partition coefficient (Wildman–Crippen LogP) is 2.87. The van der Waals surface area contributed by atoms with Crippen molar-refractivity contribution in [2.75, 3.05) is 7.11 Å². The molecule has 1 saturated carbocycles. The Bertz CT molecular complexity index is 729. The van der Waals surface area contributed by atoms with Gasteiger partial charge in [-0.15, -0.1) is 0 Å². The zero-order valence-corrected chi connectivity index (χ0v) is 12.4. The number of methoxy groups -OCH3 is 1. The lowest BCUT2D eigenvalue weighted by Crippen LogP contribution is -2.14. The predicted molar refractivity (Wildman–Crippen MR) is 79.3 cm³/mol. The molecule has 0 aromatic carbocycles. The van der Waals surface area contributed by atoms with Crippen LogP contribution in [0, 0.1) is 0 Å². The standard InChI is InChI=1S/C16H18N2O4/c1-22-16(21)12-9-5-8-11-13(15(19)20)17-14(18(11)12)10-6-3-2-4-7-10/h5,8-10H,2-4,6-7H2,1H3,(H,19,20). The highest BCUT2D eigenvalue weighted by molar-refractivity contribution is 5.96. The number of hydrogen-bond donors (Lipinski definition) is 1. The molecule has 6 nitrogen and oxygen atoms in total. The molecule has 6 heteroatoms. The maximum atomic E-state index is 12.0. The third-order valence-corrected chi connectivity index (χ3v) is 4.26. The molecule has 0 amide bonds. The number of fused-ring (bicyclic) bond motifs is 1. The molecule has 1 aliphatic rings. The van der Waals surface area contributed by atoms with Gasteiger partial charge in [0.1, 0.15) is 11.5 Å². The summed E-state index contributed by atoms with van der Waals surface area (Å²) in [5.41, 5.74) is 0.753. The molecular weight excluding hydrogens is 284 g/mol. The third kappa shape index (κ3) is 2.34. The Morgan fingerprint density at radius 2 is 2.00 bits per heavy atom. The summed E-state index contributed by atoms with van der Waals surface area (Å²) in [6.45, 7) is 0. The lowest BCUT2D eigenvalue weighted by Gasteiger charge is -2.21. The van der Waals surface area contributed by atoms with Crippen molar-refractivity contribution >= 4 is 17.5 Å². The second-order valence-electron chi connectivity index (χ2n) is 5.58. The number of aromatic nitrogens is 2. The molecule has 3 rings (SSSR count). The Hall–Kier alpha value is -2.37. The Balaban J connectivity index is 2.25. The van der Waals surface area contributed by atoms with Crippen molar-refractivity contribution < 1.29 is 19.4 Å². The molecule has 2 aromatic heterocycles. The zero-order valence-electron chi connectivity index (χ0n) is 12.4. The molecule has 22 heavy (non-hydrogen) atoms. The number of carbonyl (C=O) groups is 2. The van der Waals surface area contributed by atoms with Gasteiger partial charge in [0.15, 0.2) is 5.69 Å². The fraction of sp³-hybridized carbons (Fsp3) is 0.438. The first-order chi connectivity index (χ1) is 10.6. The van der Waals surface area contributed by atoms with E-state index in [9.17, 15) is 14.7 Å². The summed E-state index contributed by atoms with van der Waals surface area (Å²) < 4.78 is 6.48. The van der Waals surface area contributed by atoms with E-state index >= 15 is 0 Å². The third-order valence-electron chi connectivity index (χ3n) is 4.26. The van der Waals surface area contributed by atoms with Crippen molar-refractivity contribution in [2.24, 2.45) is 0 Å². The molecule has 0 aliphatic heterocycles. The maximum Gasteiger partial charge on any atom is 0.356 e. The monoisotopic (exact) mass is 302 g/mol. The Morgan fingerprint density at radius 1 is 1.27 bits per heavy atom. The van der Waals surface area contributed by atoms with Crippen LogP contribution < -0.4 is 0 Å². The molecule has 0 spiro atoms. The number of imidazole rings is 1. The zero-order chi connectivity index (χ0) is 15.7. The number of aromatic carboxylic acids is 1. The number of nitrogens with zero attached hydrogens (tertiary/aromatic N) is 2. The van der Waals surface area contributed by atoms with Crippen molar-refractivity contribution in [3.63, 3.8) is 0 Å². The number of rotatable bonds is 3. The van der Waals surface area contributed by atoms with E-state index in [4.69, 9.17) is 4.74 Å². The molecule has 0 atom stereocenters. The van der Waals surface area contributed by atoms with E-state index in [1.807, 2.05) is 0 Å². The molecule has 0 saturated heterocycles. The van der Waals surface area contributed by atoms with Crippen LogP contribution in [0.1, 0.15) is 64.8 Å². The topological polar surface area (TPSA) is 80.9 Å². The molecule has 1 fully saturated rings. The van der Waals surface area contributed by atoms with Gasteiger partial charge in [-0.2, -0.15) is 0 Å². The number of pyridine rings is 1. The van der Waals surface area contributed by atoms with Gasteiger partial charge in [-0.3, -0.25) is 4.40 Å². The quantitative estimate of drug-likeness (QED) is 0.882. The van der Waals surface area contributed by atoms with Crippen LogP contribution in [0.25, 0.3) is 5.52 Å². The smallest absolute Gasteiger partial charge is 0.356 e. The molecule has 2 aromatic rings. The van der Waals surface area contributed by atoms with Crippen molar-refractivity contribution in [3.8, 4) is 0 Å². The minimum absolute atomic E-state index is 0.00803. The molecule has 2 heterocycles. The fourth-order valence-electron chi connectivity index (χ4n) is 3.22. The molecule has 0 bridgehead atoms. The fourth-order valence-corrected chi connectivity index (χ4v) is 3.22. The highest BCUT2D eigenvalue weighted by Crippen LogP contribution is 2.33. The lowest BCUT2D eigenvalue weighted by molar-refractivity contribution is 0.0590. The molecule has 1 N–H and O–H groups in total. The summed E-state index contributed by atoms with van der Waals surface area (Å²) in [4.78, 5) is 27.8. The van der Waals surface area contributed by atoms with Gasteiger partial charge in [-0.25, -0.2) is 14.6 Å². The van der Waals surface area contributed by atoms with Gasteiger partial charge in [0.25, 0.3) is 0 Å². The second-order valence-corrected chi connectivity index (χ2v) is 5.58. The summed E-state index contributed by atoms with van der Waals surface area (Å²) in [5.74, 6) is -0.730. The van der Waals surface area contributed by atoms with Gasteiger partial charge in [0.05, 0.1) is 12.6 Å². The van der Waals surface area contributed by atoms with Crippen molar-refractivity contribution in [2.45, 2.75) is 38.0 Å². The minimum atomic E-state index is -1.08. The first kappa shape index (κ1) is 14.6.